The van der Waals surface area contributed by atoms with Crippen LogP contribution in [0.25, 0.3) is 0 Å². The first-order valence-corrected chi connectivity index (χ1v) is 7.12. The summed E-state index contributed by atoms with van der Waals surface area (Å²) in [5.74, 6) is -0.178. The number of unbranched alkanes of at least 4 members (excludes halogenated alkanes) is 1. The first kappa shape index (κ1) is 13.3. The van der Waals surface area contributed by atoms with Crippen molar-refractivity contribution in [3.63, 3.8) is 0 Å². The third kappa shape index (κ3) is 4.40. The van der Waals surface area contributed by atoms with Crippen LogP contribution in [0, 0.1) is 0 Å². The van der Waals surface area contributed by atoms with Crippen molar-refractivity contribution < 1.29 is 13.0 Å². The van der Waals surface area contributed by atoms with E-state index in [0.717, 1.165) is 19.3 Å². The molecule has 5 nitrogen and oxygen atoms in total. The highest BCUT2D eigenvalue weighted by atomic mass is 32.2. The maximum atomic E-state index is 10.5. The van der Waals surface area contributed by atoms with Crippen LogP contribution in [0.1, 0.15) is 39.0 Å². The molecule has 92 valence electrons. The predicted octanol–water partition coefficient (Wildman–Crippen LogP) is 1.70. The van der Waals surface area contributed by atoms with Crippen LogP contribution in [0.5, 0.6) is 0 Å². The van der Waals surface area contributed by atoms with Crippen molar-refractivity contribution >= 4 is 22.5 Å². The molecule has 1 heterocycles. The predicted molar refractivity (Wildman–Crippen MR) is 64.9 cm³/mol. The lowest BCUT2D eigenvalue weighted by atomic mass is 9.99. The Morgan fingerprint density at radius 2 is 1.81 bits per heavy atom. The van der Waals surface area contributed by atoms with Gasteiger partial charge in [-0.2, -0.15) is 8.42 Å². The lowest BCUT2D eigenvalue weighted by Crippen LogP contribution is -2.21. The molecule has 0 aromatic rings. The number of nitrogens with zero attached hydrogens (tertiary/aromatic N) is 2. The lowest BCUT2D eigenvalue weighted by molar-refractivity contribution is 0.376. The summed E-state index contributed by atoms with van der Waals surface area (Å²) in [5.41, 5.74) is -0.367. The van der Waals surface area contributed by atoms with E-state index < -0.39 is 10.1 Å². The number of rotatable bonds is 7. The van der Waals surface area contributed by atoms with Crippen LogP contribution in [0.2, 0.25) is 0 Å². The van der Waals surface area contributed by atoms with E-state index in [1.54, 1.807) is 12.4 Å². The molecule has 0 atom stereocenters. The van der Waals surface area contributed by atoms with Gasteiger partial charge in [-0.25, -0.2) is 0 Å². The van der Waals surface area contributed by atoms with E-state index in [-0.39, 0.29) is 11.4 Å². The molecule has 1 aliphatic rings. The number of hydrogen-bond acceptors (Lipinski definition) is 4. The summed E-state index contributed by atoms with van der Waals surface area (Å²) < 4.78 is 29.6. The van der Waals surface area contributed by atoms with Crippen LogP contribution in [-0.2, 0) is 10.1 Å². The Bertz CT molecular complexity index is 362. The van der Waals surface area contributed by atoms with E-state index in [1.165, 1.54) is 0 Å². The number of hydrogen-bond donors (Lipinski definition) is 1. The van der Waals surface area contributed by atoms with Crippen LogP contribution in [0.15, 0.2) is 9.98 Å². The van der Waals surface area contributed by atoms with E-state index in [4.69, 9.17) is 4.55 Å². The fraction of sp³-hybridized carbons (Fsp3) is 0.800. The van der Waals surface area contributed by atoms with E-state index in [1.807, 2.05) is 0 Å². The van der Waals surface area contributed by atoms with Crippen LogP contribution >= 0.6 is 0 Å². The Labute approximate surface area is 96.4 Å². The summed E-state index contributed by atoms with van der Waals surface area (Å²) in [6.07, 6.45) is 7.16. The molecule has 1 aliphatic heterocycles. The van der Waals surface area contributed by atoms with Gasteiger partial charge >= 0.3 is 0 Å². The zero-order valence-electron chi connectivity index (χ0n) is 9.46. The standard InChI is InChI=1S/C10H18N2O3S/c1-2-5-10(11-7-8-12-10)6-3-4-9-16(13,14)15/h7-8H,2-6,9H2,1H3,(H,13,14,15). The highest BCUT2D eigenvalue weighted by molar-refractivity contribution is 7.85. The van der Waals surface area contributed by atoms with Crippen LogP contribution in [-0.4, -0.2) is 36.8 Å². The molecule has 0 amide bonds. The van der Waals surface area contributed by atoms with Gasteiger partial charge in [0, 0.05) is 12.4 Å². The maximum absolute atomic E-state index is 10.5. The second-order valence-electron chi connectivity index (χ2n) is 4.03. The molecular formula is C10H18N2O3S. The van der Waals surface area contributed by atoms with E-state index >= 15 is 0 Å². The fourth-order valence-electron chi connectivity index (χ4n) is 1.85. The molecule has 6 heteroatoms. The maximum Gasteiger partial charge on any atom is 0.264 e. The van der Waals surface area contributed by atoms with Crippen molar-refractivity contribution in [2.45, 2.75) is 44.7 Å². The van der Waals surface area contributed by atoms with Gasteiger partial charge in [-0.15, -0.1) is 0 Å². The Hall–Kier alpha value is -0.750. The highest BCUT2D eigenvalue weighted by Crippen LogP contribution is 2.28. The molecule has 1 N–H and O–H groups in total. The summed E-state index contributed by atoms with van der Waals surface area (Å²) in [4.78, 5) is 8.66. The van der Waals surface area contributed by atoms with Crippen molar-refractivity contribution in [2.75, 3.05) is 5.75 Å². The molecule has 0 saturated heterocycles. The van der Waals surface area contributed by atoms with Gasteiger partial charge in [0.25, 0.3) is 10.1 Å². The van der Waals surface area contributed by atoms with Crippen molar-refractivity contribution in [1.29, 1.82) is 0 Å². The SMILES string of the molecule is CCCC1(CCCCS(=O)(=O)O)N=CC=N1. The summed E-state index contributed by atoms with van der Waals surface area (Å²) >= 11 is 0. The van der Waals surface area contributed by atoms with Gasteiger partial charge < -0.3 is 0 Å². The Balaban J connectivity index is 2.35. The van der Waals surface area contributed by atoms with Gasteiger partial charge in [-0.3, -0.25) is 14.5 Å². The lowest BCUT2D eigenvalue weighted by Gasteiger charge is -2.22. The van der Waals surface area contributed by atoms with Gasteiger partial charge in [0.1, 0.15) is 5.66 Å². The molecule has 0 radical (unpaired) electrons. The molecule has 0 unspecified atom stereocenters. The van der Waals surface area contributed by atoms with E-state index in [0.29, 0.717) is 12.8 Å². The summed E-state index contributed by atoms with van der Waals surface area (Å²) in [5, 5.41) is 0. The minimum atomic E-state index is -3.83. The fourth-order valence-corrected chi connectivity index (χ4v) is 2.42. The van der Waals surface area contributed by atoms with Crippen LogP contribution < -0.4 is 0 Å². The minimum absolute atomic E-state index is 0.178. The Kier molecular flexibility index (Phi) is 4.61. The first-order chi connectivity index (χ1) is 7.47. The molecular weight excluding hydrogens is 228 g/mol. The second-order valence-corrected chi connectivity index (χ2v) is 5.60. The topological polar surface area (TPSA) is 79.1 Å². The van der Waals surface area contributed by atoms with Crippen molar-refractivity contribution in [3.8, 4) is 0 Å². The molecule has 0 aliphatic carbocycles. The second kappa shape index (κ2) is 5.54. The Morgan fingerprint density at radius 1 is 1.19 bits per heavy atom. The molecule has 0 saturated carbocycles. The minimum Gasteiger partial charge on any atom is -0.286 e. The van der Waals surface area contributed by atoms with E-state index in [2.05, 4.69) is 16.9 Å². The third-order valence-electron chi connectivity index (χ3n) is 2.58. The molecule has 1 rings (SSSR count). The third-order valence-corrected chi connectivity index (χ3v) is 3.38. The summed E-state index contributed by atoms with van der Waals surface area (Å²) in [6.45, 7) is 2.07. The molecule has 0 fully saturated rings. The normalized spacial score (nSPS) is 18.1. The average Bonchev–Trinajstić information content (AvgIpc) is 2.61. The van der Waals surface area contributed by atoms with Crippen molar-refractivity contribution in [3.05, 3.63) is 0 Å². The molecule has 0 spiro atoms. The number of aliphatic imine (C=N–C) groups is 2. The van der Waals surface area contributed by atoms with Gasteiger partial charge in [0.15, 0.2) is 0 Å². The molecule has 0 bridgehead atoms. The van der Waals surface area contributed by atoms with Gasteiger partial charge in [-0.05, 0) is 25.7 Å². The van der Waals surface area contributed by atoms with Crippen molar-refractivity contribution in [2.24, 2.45) is 9.98 Å². The van der Waals surface area contributed by atoms with Crippen LogP contribution in [0.4, 0.5) is 0 Å². The molecule has 16 heavy (non-hydrogen) atoms. The van der Waals surface area contributed by atoms with Gasteiger partial charge in [0.2, 0.25) is 0 Å². The smallest absolute Gasteiger partial charge is 0.264 e. The molecule has 0 aromatic carbocycles. The Morgan fingerprint density at radius 3 is 2.31 bits per heavy atom. The van der Waals surface area contributed by atoms with E-state index in [9.17, 15) is 8.42 Å². The average molecular weight is 246 g/mol. The van der Waals surface area contributed by atoms with Gasteiger partial charge in [-0.1, -0.05) is 13.3 Å². The summed E-state index contributed by atoms with van der Waals surface area (Å²) in [7, 11) is -3.83. The highest BCUT2D eigenvalue weighted by Gasteiger charge is 2.27. The largest absolute Gasteiger partial charge is 0.286 e. The zero-order valence-corrected chi connectivity index (χ0v) is 10.3. The summed E-state index contributed by atoms with van der Waals surface area (Å²) in [6, 6.07) is 0. The quantitative estimate of drug-likeness (QED) is 0.548. The molecule has 0 aromatic heterocycles. The monoisotopic (exact) mass is 246 g/mol. The van der Waals surface area contributed by atoms with Gasteiger partial charge in [0.05, 0.1) is 5.75 Å². The first-order valence-electron chi connectivity index (χ1n) is 5.52. The van der Waals surface area contributed by atoms with Crippen LogP contribution in [0.3, 0.4) is 0 Å². The zero-order chi connectivity index (χ0) is 12.1. The van der Waals surface area contributed by atoms with Crippen molar-refractivity contribution in [1.82, 2.24) is 0 Å².